The zero-order chi connectivity index (χ0) is 14.2. The van der Waals surface area contributed by atoms with Crippen LogP contribution >= 0.6 is 28.3 Å². The number of nitrogens with one attached hydrogen (secondary N) is 1. The Hall–Kier alpha value is -0.120. The van der Waals surface area contributed by atoms with Gasteiger partial charge in [0.05, 0.1) is 0 Å². The molecule has 0 amide bonds. The summed E-state index contributed by atoms with van der Waals surface area (Å²) in [4.78, 5) is 2.38. The Labute approximate surface area is 139 Å². The quantitative estimate of drug-likeness (QED) is 0.824. The molecule has 3 heterocycles. The molecule has 1 N–H and O–H groups in total. The number of hydrogen-bond donors (Lipinski definition) is 1. The third kappa shape index (κ3) is 3.62. The molecule has 1 aromatic rings. The lowest BCUT2D eigenvalue weighted by Crippen LogP contribution is -2.49. The Morgan fingerprint density at radius 2 is 1.95 bits per heavy atom. The number of hydrogen-bond acceptors (Lipinski definition) is 5. The highest BCUT2D eigenvalue weighted by Crippen LogP contribution is 2.26. The fraction of sp³-hybridized carbons (Fsp3) is 0.667. The van der Waals surface area contributed by atoms with Crippen molar-refractivity contribution < 1.29 is 12.8 Å². The van der Waals surface area contributed by atoms with Crippen molar-refractivity contribution in [2.24, 2.45) is 0 Å². The fourth-order valence-electron chi connectivity index (χ4n) is 2.84. The maximum atomic E-state index is 12.5. The lowest BCUT2D eigenvalue weighted by atomic mass is 10.2. The summed E-state index contributed by atoms with van der Waals surface area (Å²) in [5, 5.41) is 3.33. The molecule has 1 aromatic heterocycles. The van der Waals surface area contributed by atoms with Gasteiger partial charge in [0.1, 0.15) is 0 Å². The minimum absolute atomic E-state index is 0. The standard InChI is InChI=1S/C12H18BrN3O3S.ClH/c13-11-1-2-12(19-11)20(17,18)16-6-3-10(9-16)15-7-4-14-5-8-15;/h1-2,10,14H,3-9H2;1H. The van der Waals surface area contributed by atoms with Crippen LogP contribution in [0.25, 0.3) is 0 Å². The summed E-state index contributed by atoms with van der Waals surface area (Å²) in [7, 11) is -3.50. The van der Waals surface area contributed by atoms with E-state index in [2.05, 4.69) is 26.1 Å². The smallest absolute Gasteiger partial charge is 0.276 e. The van der Waals surface area contributed by atoms with Crippen LogP contribution in [0.2, 0.25) is 0 Å². The molecule has 6 nitrogen and oxygen atoms in total. The Balaban J connectivity index is 0.00000161. The average Bonchev–Trinajstić information content (AvgIpc) is 3.09. The lowest BCUT2D eigenvalue weighted by molar-refractivity contribution is 0.179. The van der Waals surface area contributed by atoms with E-state index < -0.39 is 10.0 Å². The van der Waals surface area contributed by atoms with Gasteiger partial charge in [-0.05, 0) is 34.5 Å². The first-order valence-corrected chi connectivity index (χ1v) is 9.01. The molecule has 0 aromatic carbocycles. The highest BCUT2D eigenvalue weighted by molar-refractivity contribution is 9.10. The van der Waals surface area contributed by atoms with E-state index in [9.17, 15) is 8.42 Å². The van der Waals surface area contributed by atoms with Gasteiger partial charge in [0.25, 0.3) is 10.0 Å². The molecule has 1 unspecified atom stereocenters. The van der Waals surface area contributed by atoms with E-state index in [0.29, 0.717) is 23.8 Å². The van der Waals surface area contributed by atoms with E-state index in [1.54, 1.807) is 6.07 Å². The zero-order valence-electron chi connectivity index (χ0n) is 11.5. The Bertz CT molecular complexity index is 574. The Morgan fingerprint density at radius 1 is 1.24 bits per heavy atom. The van der Waals surface area contributed by atoms with Crippen LogP contribution < -0.4 is 5.32 Å². The van der Waals surface area contributed by atoms with Crippen molar-refractivity contribution in [2.75, 3.05) is 39.3 Å². The third-order valence-electron chi connectivity index (χ3n) is 3.94. The van der Waals surface area contributed by atoms with E-state index in [4.69, 9.17) is 4.42 Å². The largest absolute Gasteiger partial charge is 0.437 e. The molecule has 21 heavy (non-hydrogen) atoms. The first kappa shape index (κ1) is 17.2. The molecule has 120 valence electrons. The molecule has 0 aliphatic carbocycles. The summed E-state index contributed by atoms with van der Waals surface area (Å²) < 4.78 is 32.1. The molecule has 9 heteroatoms. The van der Waals surface area contributed by atoms with Crippen molar-refractivity contribution in [1.29, 1.82) is 0 Å². The molecule has 1 atom stereocenters. The van der Waals surface area contributed by atoms with Crippen molar-refractivity contribution in [3.05, 3.63) is 16.8 Å². The minimum atomic E-state index is -3.50. The molecular formula is C12H19BrClN3O3S. The lowest BCUT2D eigenvalue weighted by Gasteiger charge is -2.32. The summed E-state index contributed by atoms with van der Waals surface area (Å²) in [5.41, 5.74) is 0. The summed E-state index contributed by atoms with van der Waals surface area (Å²) in [6.07, 6.45) is 0.890. The normalized spacial score (nSPS) is 24.9. The van der Waals surface area contributed by atoms with Crippen LogP contribution in [0, 0.1) is 0 Å². The van der Waals surface area contributed by atoms with Gasteiger partial charge < -0.3 is 9.73 Å². The van der Waals surface area contributed by atoms with Gasteiger partial charge >= 0.3 is 0 Å². The molecular weight excluding hydrogens is 382 g/mol. The number of sulfonamides is 1. The maximum absolute atomic E-state index is 12.5. The van der Waals surface area contributed by atoms with Crippen molar-refractivity contribution >= 4 is 38.4 Å². The topological polar surface area (TPSA) is 65.8 Å². The van der Waals surface area contributed by atoms with Crippen molar-refractivity contribution in [3.63, 3.8) is 0 Å². The van der Waals surface area contributed by atoms with Crippen molar-refractivity contribution in [2.45, 2.75) is 17.6 Å². The zero-order valence-corrected chi connectivity index (χ0v) is 14.7. The van der Waals surface area contributed by atoms with Gasteiger partial charge in [0.15, 0.2) is 4.67 Å². The van der Waals surface area contributed by atoms with Crippen LogP contribution in [0.4, 0.5) is 0 Å². The van der Waals surface area contributed by atoms with Gasteiger partial charge in [0.2, 0.25) is 5.09 Å². The first-order chi connectivity index (χ1) is 9.57. The van der Waals surface area contributed by atoms with Crippen LogP contribution in [0.3, 0.4) is 0 Å². The number of piperazine rings is 1. The van der Waals surface area contributed by atoms with Crippen LogP contribution in [-0.4, -0.2) is 62.9 Å². The molecule has 2 aliphatic heterocycles. The number of halogens is 2. The molecule has 0 spiro atoms. The second-order valence-corrected chi connectivity index (χ2v) is 7.80. The van der Waals surface area contributed by atoms with Gasteiger partial charge in [-0.25, -0.2) is 8.42 Å². The summed E-state index contributed by atoms with van der Waals surface area (Å²) in [6.45, 7) is 5.06. The molecule has 2 saturated heterocycles. The monoisotopic (exact) mass is 399 g/mol. The number of rotatable bonds is 3. The van der Waals surface area contributed by atoms with Crippen molar-refractivity contribution in [1.82, 2.24) is 14.5 Å². The van der Waals surface area contributed by atoms with Crippen LogP contribution in [0.1, 0.15) is 6.42 Å². The van der Waals surface area contributed by atoms with Gasteiger partial charge in [-0.3, -0.25) is 4.90 Å². The Morgan fingerprint density at radius 3 is 2.57 bits per heavy atom. The third-order valence-corrected chi connectivity index (χ3v) is 6.10. The molecule has 2 fully saturated rings. The first-order valence-electron chi connectivity index (χ1n) is 6.77. The van der Waals surface area contributed by atoms with Gasteiger partial charge in [-0.2, -0.15) is 4.31 Å². The van der Waals surface area contributed by atoms with E-state index in [1.165, 1.54) is 10.4 Å². The predicted molar refractivity (Wildman–Crippen MR) is 85.3 cm³/mol. The summed E-state index contributed by atoms with van der Waals surface area (Å²) >= 11 is 3.14. The van der Waals surface area contributed by atoms with Crippen molar-refractivity contribution in [3.8, 4) is 0 Å². The molecule has 3 rings (SSSR count). The second-order valence-electron chi connectivity index (χ2n) is 5.15. The molecule has 0 saturated carbocycles. The van der Waals surface area contributed by atoms with E-state index in [0.717, 1.165) is 32.6 Å². The van der Waals surface area contributed by atoms with Crippen LogP contribution in [0.15, 0.2) is 26.3 Å². The molecule has 2 aliphatic rings. The van der Waals surface area contributed by atoms with Gasteiger partial charge in [-0.1, -0.05) is 0 Å². The number of nitrogens with zero attached hydrogens (tertiary/aromatic N) is 2. The van der Waals surface area contributed by atoms with Crippen LogP contribution in [0.5, 0.6) is 0 Å². The molecule has 0 radical (unpaired) electrons. The summed E-state index contributed by atoms with van der Waals surface area (Å²) in [5.74, 6) is 0. The SMILES string of the molecule is Cl.O=S(=O)(c1ccc(Br)o1)N1CCC(N2CCNCC2)C1. The van der Waals surface area contributed by atoms with Crippen LogP contribution in [-0.2, 0) is 10.0 Å². The maximum Gasteiger partial charge on any atom is 0.276 e. The predicted octanol–water partition coefficient (Wildman–Crippen LogP) is 1.13. The van der Waals surface area contributed by atoms with Gasteiger partial charge in [-0.15, -0.1) is 12.4 Å². The minimum Gasteiger partial charge on any atom is -0.437 e. The highest BCUT2D eigenvalue weighted by Gasteiger charge is 2.36. The second kappa shape index (κ2) is 6.97. The van der Waals surface area contributed by atoms with Gasteiger partial charge in [0, 0.05) is 45.3 Å². The highest BCUT2D eigenvalue weighted by atomic mass is 79.9. The fourth-order valence-corrected chi connectivity index (χ4v) is 4.66. The van der Waals surface area contributed by atoms with E-state index in [-0.39, 0.29) is 17.5 Å². The average molecular weight is 401 g/mol. The summed E-state index contributed by atoms with van der Waals surface area (Å²) in [6, 6.07) is 3.43. The van der Waals surface area contributed by atoms with E-state index >= 15 is 0 Å². The number of furan rings is 1. The Kier molecular flexibility index (Phi) is 5.72. The molecule has 0 bridgehead atoms. The van der Waals surface area contributed by atoms with E-state index in [1.807, 2.05) is 0 Å².